The molecule has 1 atom stereocenters. The van der Waals surface area contributed by atoms with Gasteiger partial charge in [-0.05, 0) is 24.6 Å². The third kappa shape index (κ3) is 3.57. The standard InChI is InChI=1S/C13H15FN4OS/c1-9(10-3-5-11(14)6-4-10)18(2)12(19)7-20-13-15-8-16-17-13/h3-6,8-9H,7H2,1-2H3,(H,15,16,17)/t9-/m1/s1. The minimum Gasteiger partial charge on any atom is -0.338 e. The summed E-state index contributed by atoms with van der Waals surface area (Å²) in [5.41, 5.74) is 0.895. The number of halogens is 1. The molecule has 1 aromatic heterocycles. The van der Waals surface area contributed by atoms with Gasteiger partial charge in [0.25, 0.3) is 0 Å². The van der Waals surface area contributed by atoms with E-state index in [4.69, 9.17) is 0 Å². The van der Waals surface area contributed by atoms with E-state index in [0.717, 1.165) is 5.56 Å². The van der Waals surface area contributed by atoms with Gasteiger partial charge in [-0.1, -0.05) is 23.9 Å². The van der Waals surface area contributed by atoms with Crippen LogP contribution >= 0.6 is 11.8 Å². The molecule has 0 aliphatic heterocycles. The average Bonchev–Trinajstić information content (AvgIpc) is 2.97. The van der Waals surface area contributed by atoms with Gasteiger partial charge in [0.2, 0.25) is 5.91 Å². The van der Waals surface area contributed by atoms with Gasteiger partial charge in [-0.25, -0.2) is 9.37 Å². The summed E-state index contributed by atoms with van der Waals surface area (Å²) in [6, 6.07) is 6.06. The number of nitrogens with one attached hydrogen (secondary N) is 1. The first-order valence-corrected chi connectivity index (χ1v) is 7.06. The van der Waals surface area contributed by atoms with Crippen molar-refractivity contribution in [2.45, 2.75) is 18.1 Å². The molecule has 1 aromatic carbocycles. The van der Waals surface area contributed by atoms with E-state index in [0.29, 0.717) is 5.16 Å². The summed E-state index contributed by atoms with van der Waals surface area (Å²) in [7, 11) is 1.73. The molecule has 0 fully saturated rings. The van der Waals surface area contributed by atoms with Crippen LogP contribution in [0.25, 0.3) is 0 Å². The maximum Gasteiger partial charge on any atom is 0.233 e. The van der Waals surface area contributed by atoms with Gasteiger partial charge in [-0.15, -0.1) is 0 Å². The first-order valence-electron chi connectivity index (χ1n) is 6.07. The Hall–Kier alpha value is -1.89. The Labute approximate surface area is 120 Å². The highest BCUT2D eigenvalue weighted by Gasteiger charge is 2.17. The zero-order valence-electron chi connectivity index (χ0n) is 11.2. The van der Waals surface area contributed by atoms with Crippen molar-refractivity contribution in [2.24, 2.45) is 0 Å². The lowest BCUT2D eigenvalue weighted by Crippen LogP contribution is -2.31. The zero-order chi connectivity index (χ0) is 14.5. The predicted octanol–water partition coefficient (Wildman–Crippen LogP) is 2.26. The molecule has 106 valence electrons. The highest BCUT2D eigenvalue weighted by atomic mass is 32.2. The largest absolute Gasteiger partial charge is 0.338 e. The lowest BCUT2D eigenvalue weighted by molar-refractivity contribution is -0.128. The number of nitrogens with zero attached hydrogens (tertiary/aromatic N) is 3. The number of aromatic nitrogens is 3. The SMILES string of the molecule is C[C@H](c1ccc(F)cc1)N(C)C(=O)CSc1ncn[nH]1. The Morgan fingerprint density at radius 1 is 1.45 bits per heavy atom. The van der Waals surface area contributed by atoms with Crippen LogP contribution in [-0.4, -0.2) is 38.8 Å². The number of aromatic amines is 1. The summed E-state index contributed by atoms with van der Waals surface area (Å²) < 4.78 is 12.9. The van der Waals surface area contributed by atoms with Crippen LogP contribution in [-0.2, 0) is 4.79 Å². The van der Waals surface area contributed by atoms with Gasteiger partial charge in [0, 0.05) is 7.05 Å². The van der Waals surface area contributed by atoms with Gasteiger partial charge in [-0.2, -0.15) is 5.10 Å². The molecular formula is C13H15FN4OS. The van der Waals surface area contributed by atoms with E-state index in [-0.39, 0.29) is 23.5 Å². The molecule has 1 N–H and O–H groups in total. The fraction of sp³-hybridized carbons (Fsp3) is 0.308. The first-order chi connectivity index (χ1) is 9.58. The molecule has 2 rings (SSSR count). The van der Waals surface area contributed by atoms with Crippen molar-refractivity contribution in [2.75, 3.05) is 12.8 Å². The quantitative estimate of drug-likeness (QED) is 0.859. The van der Waals surface area contributed by atoms with Gasteiger partial charge in [0.05, 0.1) is 11.8 Å². The Morgan fingerprint density at radius 3 is 2.75 bits per heavy atom. The van der Waals surface area contributed by atoms with Crippen LogP contribution in [0.1, 0.15) is 18.5 Å². The van der Waals surface area contributed by atoms with Gasteiger partial charge in [0.1, 0.15) is 12.1 Å². The predicted molar refractivity (Wildman–Crippen MR) is 74.7 cm³/mol. The van der Waals surface area contributed by atoms with Gasteiger partial charge >= 0.3 is 0 Å². The topological polar surface area (TPSA) is 61.9 Å². The first kappa shape index (κ1) is 14.5. The zero-order valence-corrected chi connectivity index (χ0v) is 12.0. The van der Waals surface area contributed by atoms with Crippen molar-refractivity contribution in [3.05, 3.63) is 42.0 Å². The second-order valence-electron chi connectivity index (χ2n) is 4.31. The van der Waals surface area contributed by atoms with Crippen LogP contribution in [0, 0.1) is 5.82 Å². The fourth-order valence-corrected chi connectivity index (χ4v) is 2.38. The lowest BCUT2D eigenvalue weighted by atomic mass is 10.1. The Balaban J connectivity index is 1.93. The maximum atomic E-state index is 12.9. The minimum absolute atomic E-state index is 0.0248. The van der Waals surface area contributed by atoms with Crippen molar-refractivity contribution >= 4 is 17.7 Å². The van der Waals surface area contributed by atoms with E-state index in [9.17, 15) is 9.18 Å². The number of thioether (sulfide) groups is 1. The maximum absolute atomic E-state index is 12.9. The second-order valence-corrected chi connectivity index (χ2v) is 5.28. The van der Waals surface area contributed by atoms with Gasteiger partial charge in [-0.3, -0.25) is 9.89 Å². The highest BCUT2D eigenvalue weighted by molar-refractivity contribution is 7.99. The van der Waals surface area contributed by atoms with E-state index in [1.54, 1.807) is 24.1 Å². The highest BCUT2D eigenvalue weighted by Crippen LogP contribution is 2.21. The van der Waals surface area contributed by atoms with Gasteiger partial charge < -0.3 is 4.90 Å². The fourth-order valence-electron chi connectivity index (χ4n) is 1.68. The van der Waals surface area contributed by atoms with Crippen molar-refractivity contribution in [3.63, 3.8) is 0 Å². The number of hydrogen-bond donors (Lipinski definition) is 1. The van der Waals surface area contributed by atoms with E-state index in [1.807, 2.05) is 6.92 Å². The Kier molecular flexibility index (Phi) is 4.73. The molecule has 0 aliphatic carbocycles. The third-order valence-electron chi connectivity index (χ3n) is 3.05. The second kappa shape index (κ2) is 6.51. The number of H-pyrrole nitrogens is 1. The molecule has 1 heterocycles. The normalized spacial score (nSPS) is 12.2. The van der Waals surface area contributed by atoms with Crippen LogP contribution in [0.15, 0.2) is 35.7 Å². The molecule has 0 saturated carbocycles. The molecule has 5 nitrogen and oxygen atoms in total. The van der Waals surface area contributed by atoms with Crippen LogP contribution in [0.2, 0.25) is 0 Å². The lowest BCUT2D eigenvalue weighted by Gasteiger charge is -2.25. The minimum atomic E-state index is -0.282. The summed E-state index contributed by atoms with van der Waals surface area (Å²) in [5.74, 6) is -0.0314. The van der Waals surface area contributed by atoms with Crippen molar-refractivity contribution in [1.29, 1.82) is 0 Å². The van der Waals surface area contributed by atoms with Crippen molar-refractivity contribution < 1.29 is 9.18 Å². The number of carbonyl (C=O) groups is 1. The molecular weight excluding hydrogens is 279 g/mol. The summed E-state index contributed by atoms with van der Waals surface area (Å²) in [6.45, 7) is 1.91. The number of hydrogen-bond acceptors (Lipinski definition) is 4. The summed E-state index contributed by atoms with van der Waals surface area (Å²) in [4.78, 5) is 17.7. The molecule has 2 aromatic rings. The van der Waals surface area contributed by atoms with E-state index >= 15 is 0 Å². The number of carbonyl (C=O) groups excluding carboxylic acids is 1. The molecule has 20 heavy (non-hydrogen) atoms. The number of benzene rings is 1. The molecule has 0 bridgehead atoms. The molecule has 1 amide bonds. The van der Waals surface area contributed by atoms with E-state index in [1.165, 1.54) is 30.2 Å². The summed E-state index contributed by atoms with van der Waals surface area (Å²) >= 11 is 1.30. The van der Waals surface area contributed by atoms with Crippen LogP contribution in [0.4, 0.5) is 4.39 Å². The Bertz CT molecular complexity index is 558. The third-order valence-corrected chi connectivity index (χ3v) is 3.91. The van der Waals surface area contributed by atoms with Crippen molar-refractivity contribution in [1.82, 2.24) is 20.1 Å². The number of amides is 1. The van der Waals surface area contributed by atoms with Crippen LogP contribution < -0.4 is 0 Å². The van der Waals surface area contributed by atoms with Crippen LogP contribution in [0.5, 0.6) is 0 Å². The van der Waals surface area contributed by atoms with Crippen molar-refractivity contribution in [3.8, 4) is 0 Å². The van der Waals surface area contributed by atoms with E-state index < -0.39 is 0 Å². The number of rotatable bonds is 5. The smallest absolute Gasteiger partial charge is 0.233 e. The Morgan fingerprint density at radius 2 is 2.15 bits per heavy atom. The van der Waals surface area contributed by atoms with Crippen LogP contribution in [0.3, 0.4) is 0 Å². The molecule has 0 spiro atoms. The summed E-state index contributed by atoms with van der Waals surface area (Å²) in [6.07, 6.45) is 1.40. The molecule has 0 radical (unpaired) electrons. The molecule has 0 saturated heterocycles. The van der Waals surface area contributed by atoms with E-state index in [2.05, 4.69) is 15.2 Å². The summed E-state index contributed by atoms with van der Waals surface area (Å²) in [5, 5.41) is 7.02. The monoisotopic (exact) mass is 294 g/mol. The molecule has 0 unspecified atom stereocenters. The average molecular weight is 294 g/mol. The molecule has 0 aliphatic rings. The molecule has 7 heteroatoms. The van der Waals surface area contributed by atoms with Gasteiger partial charge in [0.15, 0.2) is 5.16 Å².